The molecule has 0 saturated carbocycles. The van der Waals surface area contributed by atoms with Crippen LogP contribution in [0, 0.1) is 16.4 Å². The summed E-state index contributed by atoms with van der Waals surface area (Å²) in [6, 6.07) is 12.5. The van der Waals surface area contributed by atoms with Crippen LogP contribution in [0.3, 0.4) is 0 Å². The van der Waals surface area contributed by atoms with Crippen LogP contribution in [0.1, 0.15) is 29.8 Å². The fourth-order valence-electron chi connectivity index (χ4n) is 2.22. The Kier molecular flexibility index (Phi) is 7.35. The van der Waals surface area contributed by atoms with Crippen molar-refractivity contribution in [2.75, 3.05) is 17.2 Å². The van der Waals surface area contributed by atoms with Gasteiger partial charge in [-0.05, 0) is 59.3 Å². The third-order valence-corrected chi connectivity index (χ3v) is 4.77. The number of rotatable bonds is 6. The van der Waals surface area contributed by atoms with E-state index in [0.717, 1.165) is 9.13 Å². The van der Waals surface area contributed by atoms with Crippen molar-refractivity contribution >= 4 is 51.7 Å². The van der Waals surface area contributed by atoms with Crippen LogP contribution in [0.5, 0.6) is 0 Å². The van der Waals surface area contributed by atoms with Crippen molar-refractivity contribution in [3.05, 3.63) is 57.2 Å². The molecule has 2 rings (SSSR count). The fraction of sp³-hybridized carbons (Fsp3) is 0.250. The van der Waals surface area contributed by atoms with E-state index >= 15 is 0 Å². The molecule has 3 amide bonds. The quantitative estimate of drug-likeness (QED) is 0.554. The Morgan fingerprint density at radius 3 is 2.41 bits per heavy atom. The first-order valence-corrected chi connectivity index (χ1v) is 9.60. The summed E-state index contributed by atoms with van der Waals surface area (Å²) >= 11 is 2.08. The summed E-state index contributed by atoms with van der Waals surface area (Å²) in [6.45, 7) is 5.33. The molecule has 0 aliphatic rings. The minimum Gasteiger partial charge on any atom is -0.343 e. The molecule has 0 radical (unpaired) electrons. The van der Waals surface area contributed by atoms with E-state index < -0.39 is 0 Å². The average Bonchev–Trinajstić information content (AvgIpc) is 2.62. The summed E-state index contributed by atoms with van der Waals surface area (Å²) in [5, 5.41) is 8.18. The molecular formula is C20H22IN3O3. The summed E-state index contributed by atoms with van der Waals surface area (Å²) in [6.07, 6.45) is 0. The highest BCUT2D eigenvalue weighted by molar-refractivity contribution is 14.1. The van der Waals surface area contributed by atoms with Crippen molar-refractivity contribution in [3.63, 3.8) is 0 Å². The molecule has 0 aliphatic heterocycles. The van der Waals surface area contributed by atoms with Crippen LogP contribution < -0.4 is 16.0 Å². The van der Waals surface area contributed by atoms with Gasteiger partial charge in [-0.3, -0.25) is 14.4 Å². The molecule has 2 aromatic carbocycles. The lowest BCUT2D eigenvalue weighted by Crippen LogP contribution is -2.33. The van der Waals surface area contributed by atoms with Crippen LogP contribution in [-0.4, -0.2) is 24.3 Å². The second kappa shape index (κ2) is 9.50. The van der Waals surface area contributed by atoms with Gasteiger partial charge in [0.2, 0.25) is 11.8 Å². The van der Waals surface area contributed by atoms with Crippen LogP contribution in [0.15, 0.2) is 42.5 Å². The van der Waals surface area contributed by atoms with Gasteiger partial charge in [-0.15, -0.1) is 0 Å². The first-order chi connectivity index (χ1) is 12.8. The van der Waals surface area contributed by atoms with Crippen LogP contribution in [0.2, 0.25) is 0 Å². The van der Waals surface area contributed by atoms with Gasteiger partial charge in [0.15, 0.2) is 0 Å². The number of hydrogen-bond donors (Lipinski definition) is 3. The number of carbonyl (C=O) groups is 3. The predicted octanol–water partition coefficient (Wildman–Crippen LogP) is 3.56. The van der Waals surface area contributed by atoms with E-state index in [9.17, 15) is 14.4 Å². The van der Waals surface area contributed by atoms with Crippen molar-refractivity contribution in [1.29, 1.82) is 0 Å². The van der Waals surface area contributed by atoms with Gasteiger partial charge in [-0.2, -0.15) is 0 Å². The molecule has 6 nitrogen and oxygen atoms in total. The van der Waals surface area contributed by atoms with Gasteiger partial charge in [0.05, 0.1) is 12.1 Å². The number of anilines is 2. The van der Waals surface area contributed by atoms with Crippen molar-refractivity contribution in [3.8, 4) is 0 Å². The maximum Gasteiger partial charge on any atom is 0.252 e. The minimum atomic E-state index is -0.343. The highest BCUT2D eigenvalue weighted by Crippen LogP contribution is 2.20. The predicted molar refractivity (Wildman–Crippen MR) is 115 cm³/mol. The Morgan fingerprint density at radius 2 is 1.74 bits per heavy atom. The van der Waals surface area contributed by atoms with Gasteiger partial charge < -0.3 is 16.0 Å². The third-order valence-electron chi connectivity index (χ3n) is 3.83. The van der Waals surface area contributed by atoms with E-state index in [1.165, 1.54) is 0 Å². The van der Waals surface area contributed by atoms with E-state index in [4.69, 9.17) is 0 Å². The molecule has 0 aromatic heterocycles. The maximum atomic E-state index is 12.2. The zero-order valence-corrected chi connectivity index (χ0v) is 17.6. The summed E-state index contributed by atoms with van der Waals surface area (Å²) in [7, 11) is 0. The molecule has 0 fully saturated rings. The minimum absolute atomic E-state index is 0.0964. The number of nitrogens with one attached hydrogen (secondary N) is 3. The lowest BCUT2D eigenvalue weighted by atomic mass is 10.1. The Hall–Kier alpha value is -2.42. The summed E-state index contributed by atoms with van der Waals surface area (Å²) in [5.74, 6) is -0.879. The van der Waals surface area contributed by atoms with Gasteiger partial charge in [-0.25, -0.2) is 0 Å². The van der Waals surface area contributed by atoms with Crippen molar-refractivity contribution in [1.82, 2.24) is 5.32 Å². The molecule has 7 heteroatoms. The van der Waals surface area contributed by atoms with Crippen LogP contribution in [-0.2, 0) is 9.59 Å². The Balaban J connectivity index is 1.98. The first-order valence-electron chi connectivity index (χ1n) is 8.52. The average molecular weight is 479 g/mol. The Bertz CT molecular complexity index is 865. The Labute approximate surface area is 172 Å². The van der Waals surface area contributed by atoms with Gasteiger partial charge in [-0.1, -0.05) is 32.0 Å². The van der Waals surface area contributed by atoms with Gasteiger partial charge in [0.25, 0.3) is 5.91 Å². The summed E-state index contributed by atoms with van der Waals surface area (Å²) < 4.78 is 0.817. The second-order valence-corrected chi connectivity index (χ2v) is 7.55. The number of hydrogen-bond acceptors (Lipinski definition) is 3. The van der Waals surface area contributed by atoms with E-state index in [0.29, 0.717) is 16.9 Å². The molecule has 0 aliphatic carbocycles. The van der Waals surface area contributed by atoms with Gasteiger partial charge in [0.1, 0.15) is 0 Å². The van der Waals surface area contributed by atoms with Crippen molar-refractivity contribution < 1.29 is 14.4 Å². The van der Waals surface area contributed by atoms with Gasteiger partial charge in [0, 0.05) is 20.9 Å². The molecule has 0 bridgehead atoms. The highest BCUT2D eigenvalue weighted by atomic mass is 127. The molecule has 27 heavy (non-hydrogen) atoms. The molecule has 0 unspecified atom stereocenters. The molecular weight excluding hydrogens is 457 g/mol. The van der Waals surface area contributed by atoms with E-state index in [2.05, 4.69) is 38.5 Å². The van der Waals surface area contributed by atoms with Gasteiger partial charge >= 0.3 is 0 Å². The lowest BCUT2D eigenvalue weighted by molar-refractivity contribution is -0.119. The zero-order chi connectivity index (χ0) is 20.0. The molecule has 0 atom stereocenters. The number of amides is 3. The maximum absolute atomic E-state index is 12.2. The molecule has 3 N–H and O–H groups in total. The number of halogens is 1. The molecule has 2 aromatic rings. The Morgan fingerprint density at radius 1 is 1.04 bits per heavy atom. The van der Waals surface area contributed by atoms with Crippen LogP contribution in [0.25, 0.3) is 0 Å². The summed E-state index contributed by atoms with van der Waals surface area (Å²) in [4.78, 5) is 36.2. The normalized spacial score (nSPS) is 10.4. The number of benzene rings is 2. The van der Waals surface area contributed by atoms with Crippen LogP contribution >= 0.6 is 22.6 Å². The monoisotopic (exact) mass is 479 g/mol. The van der Waals surface area contributed by atoms with Crippen molar-refractivity contribution in [2.45, 2.75) is 20.8 Å². The highest BCUT2D eigenvalue weighted by Gasteiger charge is 2.12. The smallest absolute Gasteiger partial charge is 0.252 e. The molecule has 0 saturated heterocycles. The lowest BCUT2D eigenvalue weighted by Gasteiger charge is -2.13. The van der Waals surface area contributed by atoms with E-state index in [1.54, 1.807) is 24.3 Å². The molecule has 0 spiro atoms. The van der Waals surface area contributed by atoms with Crippen LogP contribution in [0.4, 0.5) is 11.4 Å². The number of aryl methyl sites for hydroxylation is 1. The third kappa shape index (κ3) is 6.06. The standard InChI is InChI=1S/C20H22IN3O3/c1-12(2)19(26)23-14-9-8-13(3)17(10-14)24-18(25)11-22-20(27)15-6-4-5-7-16(15)21/h4-10,12H,11H2,1-3H3,(H,22,27)(H,23,26)(H,24,25). The summed E-state index contributed by atoms with van der Waals surface area (Å²) in [5.41, 5.74) is 2.58. The van der Waals surface area contributed by atoms with E-state index in [-0.39, 0.29) is 30.2 Å². The van der Waals surface area contributed by atoms with E-state index in [1.807, 2.05) is 39.0 Å². The largest absolute Gasteiger partial charge is 0.343 e. The number of carbonyl (C=O) groups excluding carboxylic acids is 3. The first kappa shape index (κ1) is 20.9. The van der Waals surface area contributed by atoms with Crippen molar-refractivity contribution in [2.24, 2.45) is 5.92 Å². The zero-order valence-electron chi connectivity index (χ0n) is 15.4. The SMILES string of the molecule is Cc1ccc(NC(=O)C(C)C)cc1NC(=O)CNC(=O)c1ccccc1I. The molecule has 0 heterocycles. The fourth-order valence-corrected chi connectivity index (χ4v) is 2.85. The second-order valence-electron chi connectivity index (χ2n) is 6.38. The molecule has 142 valence electrons. The topological polar surface area (TPSA) is 87.3 Å².